The van der Waals surface area contributed by atoms with Crippen molar-refractivity contribution in [2.24, 2.45) is 15.4 Å². The molecular weight excluding hydrogens is 350 g/mol. The number of pyridine rings is 1. The molecule has 0 N–H and O–H groups in total. The Morgan fingerprint density at radius 2 is 1.85 bits per heavy atom. The first-order valence-electron chi connectivity index (χ1n) is 8.64. The number of hydrogen-bond donors (Lipinski definition) is 0. The Morgan fingerprint density at radius 3 is 2.62 bits per heavy atom. The number of piperidine rings is 1. The third-order valence-corrected chi connectivity index (χ3v) is 6.48. The van der Waals surface area contributed by atoms with Crippen molar-refractivity contribution in [2.75, 3.05) is 13.1 Å². The van der Waals surface area contributed by atoms with Gasteiger partial charge in [0, 0.05) is 12.1 Å². The predicted octanol–water partition coefficient (Wildman–Crippen LogP) is 3.11. The second kappa shape index (κ2) is 7.05. The Morgan fingerprint density at radius 1 is 1.00 bits per heavy atom. The minimum atomic E-state index is -3.72. The minimum absolute atomic E-state index is 0.0678. The Labute approximate surface area is 152 Å². The third-order valence-electron chi connectivity index (χ3n) is 4.67. The fraction of sp³-hybridized carbons (Fsp3) is 0.333. The molecular formula is C18H19N5O2S. The van der Waals surface area contributed by atoms with Gasteiger partial charge in [-0.15, -0.1) is 5.10 Å². The lowest BCUT2D eigenvalue weighted by Gasteiger charge is -2.33. The van der Waals surface area contributed by atoms with Crippen molar-refractivity contribution in [3.05, 3.63) is 48.5 Å². The van der Waals surface area contributed by atoms with Crippen LogP contribution in [-0.4, -0.2) is 42.6 Å². The highest BCUT2D eigenvalue weighted by Crippen LogP contribution is 2.27. The van der Waals surface area contributed by atoms with Gasteiger partial charge in [-0.3, -0.25) is 0 Å². The fourth-order valence-electron chi connectivity index (χ4n) is 3.37. The smallest absolute Gasteiger partial charge is 0.235 e. The van der Waals surface area contributed by atoms with Crippen LogP contribution in [0.25, 0.3) is 11.3 Å². The molecule has 0 unspecified atom stereocenters. The lowest BCUT2D eigenvalue weighted by molar-refractivity contribution is 0.304. The second-order valence-corrected chi connectivity index (χ2v) is 8.17. The topological polar surface area (TPSA) is 87.4 Å². The zero-order valence-corrected chi connectivity index (χ0v) is 15.0. The van der Waals surface area contributed by atoms with E-state index in [1.54, 1.807) is 12.1 Å². The van der Waals surface area contributed by atoms with Crippen LogP contribution in [0.15, 0.2) is 69.0 Å². The summed E-state index contributed by atoms with van der Waals surface area (Å²) in [4.78, 5) is 4.43. The maximum atomic E-state index is 13.3. The quantitative estimate of drug-likeness (QED) is 0.829. The molecule has 1 aromatic carbocycles. The van der Waals surface area contributed by atoms with Crippen molar-refractivity contribution in [1.82, 2.24) is 9.29 Å². The molecule has 7 nitrogen and oxygen atoms in total. The van der Waals surface area contributed by atoms with Crippen LogP contribution >= 0.6 is 0 Å². The van der Waals surface area contributed by atoms with Crippen LogP contribution in [-0.2, 0) is 10.0 Å². The summed E-state index contributed by atoms with van der Waals surface area (Å²) in [5.74, 6) is 0. The summed E-state index contributed by atoms with van der Waals surface area (Å²) in [6.07, 6.45) is 2.53. The monoisotopic (exact) mass is 369 g/mol. The van der Waals surface area contributed by atoms with Crippen LogP contribution in [0.1, 0.15) is 19.3 Å². The van der Waals surface area contributed by atoms with Crippen LogP contribution in [0, 0.1) is 0 Å². The molecule has 1 atom stereocenters. The van der Waals surface area contributed by atoms with Gasteiger partial charge in [0.15, 0.2) is 5.03 Å². The normalized spacial score (nSPS) is 20.9. The SMILES string of the molecule is O=S(=O)(c1cccc(-c2ccccc2)n1)N1CCCC[C@@H]1C1=NN=NC1. The predicted molar refractivity (Wildman–Crippen MR) is 98.4 cm³/mol. The average molecular weight is 369 g/mol. The van der Waals surface area contributed by atoms with Crippen LogP contribution in [0.2, 0.25) is 0 Å². The van der Waals surface area contributed by atoms with Gasteiger partial charge in [-0.1, -0.05) is 42.8 Å². The van der Waals surface area contributed by atoms with E-state index < -0.39 is 10.0 Å². The Hall–Kier alpha value is -2.45. The standard InChI is InChI=1S/C18H19N5O2S/c24-26(25,23-12-5-4-10-17(23)16-13-19-22-21-16)18-11-6-9-15(20-18)14-7-2-1-3-8-14/h1-3,6-9,11,17H,4-5,10,12-13H2/t17-/m1/s1. The van der Waals surface area contributed by atoms with Gasteiger partial charge in [0.1, 0.15) is 6.54 Å². The molecule has 0 aliphatic carbocycles. The van der Waals surface area contributed by atoms with E-state index in [2.05, 4.69) is 20.4 Å². The van der Waals surface area contributed by atoms with E-state index in [0.29, 0.717) is 24.5 Å². The number of hydrogen-bond acceptors (Lipinski definition) is 6. The number of nitrogens with zero attached hydrogens (tertiary/aromatic N) is 5. The van der Waals surface area contributed by atoms with Crippen LogP contribution < -0.4 is 0 Å². The first-order valence-corrected chi connectivity index (χ1v) is 10.1. The number of sulfonamides is 1. The summed E-state index contributed by atoms with van der Waals surface area (Å²) in [5, 5.41) is 11.6. The molecule has 3 heterocycles. The zero-order valence-electron chi connectivity index (χ0n) is 14.2. The van der Waals surface area contributed by atoms with E-state index in [4.69, 9.17) is 0 Å². The van der Waals surface area contributed by atoms with Crippen molar-refractivity contribution in [2.45, 2.75) is 30.3 Å². The second-order valence-electron chi connectivity index (χ2n) is 6.33. The molecule has 1 saturated heterocycles. The Bertz CT molecular complexity index is 957. The zero-order chi connectivity index (χ0) is 18.0. The summed E-state index contributed by atoms with van der Waals surface area (Å²) >= 11 is 0. The lowest BCUT2D eigenvalue weighted by Crippen LogP contribution is -2.48. The summed E-state index contributed by atoms with van der Waals surface area (Å²) in [6.45, 7) is 0.831. The van der Waals surface area contributed by atoms with E-state index in [-0.39, 0.29) is 11.1 Å². The molecule has 1 fully saturated rings. The Kier molecular flexibility index (Phi) is 4.60. The highest BCUT2D eigenvalue weighted by Gasteiger charge is 2.37. The lowest BCUT2D eigenvalue weighted by atomic mass is 10.0. The maximum Gasteiger partial charge on any atom is 0.261 e. The van der Waals surface area contributed by atoms with E-state index in [1.165, 1.54) is 4.31 Å². The first kappa shape index (κ1) is 17.0. The molecule has 8 heteroatoms. The van der Waals surface area contributed by atoms with Gasteiger partial charge in [0.25, 0.3) is 10.0 Å². The highest BCUT2D eigenvalue weighted by molar-refractivity contribution is 7.89. The summed E-state index contributed by atoms with van der Waals surface area (Å²) in [6, 6.07) is 14.4. The maximum absolute atomic E-state index is 13.3. The number of aromatic nitrogens is 1. The van der Waals surface area contributed by atoms with E-state index in [1.807, 2.05) is 36.4 Å². The molecule has 0 radical (unpaired) electrons. The number of rotatable bonds is 4. The van der Waals surface area contributed by atoms with Crippen molar-refractivity contribution in [1.29, 1.82) is 0 Å². The molecule has 0 amide bonds. The van der Waals surface area contributed by atoms with Gasteiger partial charge in [0.05, 0.1) is 17.4 Å². The van der Waals surface area contributed by atoms with Gasteiger partial charge in [-0.05, 0) is 30.2 Å². The Balaban J connectivity index is 1.69. The average Bonchev–Trinajstić information content (AvgIpc) is 3.23. The minimum Gasteiger partial charge on any atom is -0.235 e. The summed E-state index contributed by atoms with van der Waals surface area (Å²) < 4.78 is 28.1. The van der Waals surface area contributed by atoms with Gasteiger partial charge < -0.3 is 0 Å². The molecule has 2 aromatic rings. The van der Waals surface area contributed by atoms with Gasteiger partial charge >= 0.3 is 0 Å². The molecule has 0 spiro atoms. The molecule has 0 bridgehead atoms. The van der Waals surface area contributed by atoms with Gasteiger partial charge in [-0.25, -0.2) is 13.4 Å². The van der Waals surface area contributed by atoms with Gasteiger partial charge in [0.2, 0.25) is 0 Å². The summed E-state index contributed by atoms with van der Waals surface area (Å²) in [5.41, 5.74) is 2.24. The van der Waals surface area contributed by atoms with E-state index in [0.717, 1.165) is 24.8 Å². The largest absolute Gasteiger partial charge is 0.261 e. The van der Waals surface area contributed by atoms with Crippen LogP contribution in [0.4, 0.5) is 0 Å². The molecule has 26 heavy (non-hydrogen) atoms. The molecule has 2 aliphatic heterocycles. The van der Waals surface area contributed by atoms with Gasteiger partial charge in [-0.2, -0.15) is 9.42 Å². The highest BCUT2D eigenvalue weighted by atomic mass is 32.2. The summed E-state index contributed by atoms with van der Waals surface area (Å²) in [7, 11) is -3.72. The van der Waals surface area contributed by atoms with Crippen LogP contribution in [0.3, 0.4) is 0 Å². The molecule has 1 aromatic heterocycles. The number of benzene rings is 1. The molecule has 4 rings (SSSR count). The van der Waals surface area contributed by atoms with E-state index >= 15 is 0 Å². The molecule has 0 saturated carbocycles. The van der Waals surface area contributed by atoms with Crippen molar-refractivity contribution >= 4 is 15.7 Å². The van der Waals surface area contributed by atoms with Crippen molar-refractivity contribution in [3.63, 3.8) is 0 Å². The van der Waals surface area contributed by atoms with Crippen molar-refractivity contribution in [3.8, 4) is 11.3 Å². The molecule has 134 valence electrons. The van der Waals surface area contributed by atoms with Crippen molar-refractivity contribution < 1.29 is 8.42 Å². The van der Waals surface area contributed by atoms with E-state index in [9.17, 15) is 8.42 Å². The molecule has 2 aliphatic rings. The third kappa shape index (κ3) is 3.17. The first-order chi connectivity index (χ1) is 12.7. The fourth-order valence-corrected chi connectivity index (χ4v) is 5.01. The van der Waals surface area contributed by atoms with Crippen LogP contribution in [0.5, 0.6) is 0 Å².